The second-order valence-electron chi connectivity index (χ2n) is 8.16. The number of hydrogen-bond donors (Lipinski definition) is 2. The quantitative estimate of drug-likeness (QED) is 0.596. The molecule has 1 atom stereocenters. The molecule has 0 aliphatic carbocycles. The van der Waals surface area contributed by atoms with Gasteiger partial charge in [-0.15, -0.1) is 0 Å². The van der Waals surface area contributed by atoms with E-state index in [-0.39, 0.29) is 17.9 Å². The molecule has 1 aromatic carbocycles. The van der Waals surface area contributed by atoms with Crippen LogP contribution in [0.15, 0.2) is 54.7 Å². The maximum absolute atomic E-state index is 12.9. The molecule has 8 nitrogen and oxygen atoms in total. The summed E-state index contributed by atoms with van der Waals surface area (Å²) in [7, 11) is 0. The Bertz CT molecular complexity index is 1180. The van der Waals surface area contributed by atoms with E-state index < -0.39 is 0 Å². The van der Waals surface area contributed by atoms with E-state index in [0.717, 1.165) is 23.5 Å². The predicted octanol–water partition coefficient (Wildman–Crippen LogP) is 3.98. The first-order chi connectivity index (χ1) is 15.9. The molecule has 170 valence electrons. The van der Waals surface area contributed by atoms with E-state index in [9.17, 15) is 9.59 Å². The summed E-state index contributed by atoms with van der Waals surface area (Å²) >= 11 is 0. The van der Waals surface area contributed by atoms with E-state index in [1.807, 2.05) is 38.1 Å². The number of pyridine rings is 2. The molecule has 8 heteroatoms. The number of aryl methyl sites for hydroxylation is 2. The van der Waals surface area contributed by atoms with Crippen LogP contribution in [0.25, 0.3) is 0 Å². The van der Waals surface area contributed by atoms with Gasteiger partial charge < -0.3 is 20.3 Å². The Morgan fingerprint density at radius 2 is 1.97 bits per heavy atom. The number of ether oxygens (including phenoxy) is 1. The Balaban J connectivity index is 1.44. The van der Waals surface area contributed by atoms with Crippen molar-refractivity contribution in [2.75, 3.05) is 18.4 Å². The fourth-order valence-electron chi connectivity index (χ4n) is 3.86. The Labute approximate surface area is 193 Å². The molecule has 0 spiro atoms. The molecular formula is C25H27N5O3. The normalized spacial score (nSPS) is 15.2. The van der Waals surface area contributed by atoms with Crippen LogP contribution in [0.5, 0.6) is 11.5 Å². The molecule has 2 aromatic heterocycles. The van der Waals surface area contributed by atoms with E-state index in [2.05, 4.69) is 20.6 Å². The number of carbonyl (C=O) groups excluding carboxylic acids is 2. The molecule has 33 heavy (non-hydrogen) atoms. The predicted molar refractivity (Wildman–Crippen MR) is 126 cm³/mol. The standard InChI is InChI=1S/C25H27N5O3/c1-16-7-8-23(17(2)27-16)33-22-9-11-26-24(14-22)29-20-6-4-5-19(13-20)25(32)30-12-10-21(15-30)28-18(3)31/h4-9,11,13-14,21H,10,12,15H2,1-3H3,(H,26,29)(H,28,31). The Morgan fingerprint density at radius 1 is 1.12 bits per heavy atom. The van der Waals surface area contributed by atoms with Crippen molar-refractivity contribution < 1.29 is 14.3 Å². The fraction of sp³-hybridized carbons (Fsp3) is 0.280. The number of likely N-dealkylation sites (tertiary alicyclic amines) is 1. The van der Waals surface area contributed by atoms with Gasteiger partial charge in [0.1, 0.15) is 17.3 Å². The van der Waals surface area contributed by atoms with Gasteiger partial charge in [-0.2, -0.15) is 0 Å². The van der Waals surface area contributed by atoms with Gasteiger partial charge >= 0.3 is 0 Å². The van der Waals surface area contributed by atoms with Gasteiger partial charge in [-0.25, -0.2) is 4.98 Å². The highest BCUT2D eigenvalue weighted by Gasteiger charge is 2.27. The van der Waals surface area contributed by atoms with Crippen LogP contribution < -0.4 is 15.4 Å². The smallest absolute Gasteiger partial charge is 0.254 e. The van der Waals surface area contributed by atoms with Crippen LogP contribution in [0.3, 0.4) is 0 Å². The van der Waals surface area contributed by atoms with Gasteiger partial charge in [0.25, 0.3) is 5.91 Å². The van der Waals surface area contributed by atoms with E-state index in [0.29, 0.717) is 36.0 Å². The number of amides is 2. The number of anilines is 2. The number of nitrogens with one attached hydrogen (secondary N) is 2. The maximum atomic E-state index is 12.9. The van der Waals surface area contributed by atoms with E-state index in [4.69, 9.17) is 4.74 Å². The summed E-state index contributed by atoms with van der Waals surface area (Å²) in [5.74, 6) is 1.79. The zero-order valence-electron chi connectivity index (χ0n) is 19.0. The third-order valence-electron chi connectivity index (χ3n) is 5.40. The van der Waals surface area contributed by atoms with Crippen molar-refractivity contribution in [1.82, 2.24) is 20.2 Å². The van der Waals surface area contributed by atoms with Crippen molar-refractivity contribution in [2.45, 2.75) is 33.2 Å². The van der Waals surface area contributed by atoms with Gasteiger partial charge in [0.15, 0.2) is 0 Å². The molecule has 1 saturated heterocycles. The van der Waals surface area contributed by atoms with Crippen molar-refractivity contribution in [2.24, 2.45) is 0 Å². The van der Waals surface area contributed by atoms with Crippen LogP contribution in [0.2, 0.25) is 0 Å². The van der Waals surface area contributed by atoms with Crippen LogP contribution >= 0.6 is 0 Å². The fourth-order valence-corrected chi connectivity index (χ4v) is 3.86. The summed E-state index contributed by atoms with van der Waals surface area (Å²) in [5, 5.41) is 6.12. The molecule has 1 aliphatic heterocycles. The number of hydrogen-bond acceptors (Lipinski definition) is 6. The zero-order valence-corrected chi connectivity index (χ0v) is 19.0. The van der Waals surface area contributed by atoms with Gasteiger partial charge in [-0.05, 0) is 56.7 Å². The Hall–Kier alpha value is -3.94. The Kier molecular flexibility index (Phi) is 6.53. The van der Waals surface area contributed by atoms with Crippen molar-refractivity contribution in [3.8, 4) is 11.5 Å². The van der Waals surface area contributed by atoms with Crippen molar-refractivity contribution in [1.29, 1.82) is 0 Å². The first-order valence-corrected chi connectivity index (χ1v) is 10.9. The molecule has 1 unspecified atom stereocenters. The number of nitrogens with zero attached hydrogens (tertiary/aromatic N) is 3. The molecule has 0 saturated carbocycles. The van der Waals surface area contributed by atoms with Crippen molar-refractivity contribution in [3.63, 3.8) is 0 Å². The molecule has 1 aliphatic rings. The summed E-state index contributed by atoms with van der Waals surface area (Å²) < 4.78 is 5.98. The van der Waals surface area contributed by atoms with Gasteiger partial charge in [-0.1, -0.05) is 6.07 Å². The lowest BCUT2D eigenvalue weighted by Gasteiger charge is -2.17. The number of rotatable bonds is 6. The average Bonchev–Trinajstić information content (AvgIpc) is 3.23. The first-order valence-electron chi connectivity index (χ1n) is 10.9. The summed E-state index contributed by atoms with van der Waals surface area (Å²) in [6, 6.07) is 14.7. The molecular weight excluding hydrogens is 418 g/mol. The highest BCUT2D eigenvalue weighted by atomic mass is 16.5. The zero-order chi connectivity index (χ0) is 23.4. The third-order valence-corrected chi connectivity index (χ3v) is 5.40. The van der Waals surface area contributed by atoms with Crippen LogP contribution in [0.1, 0.15) is 35.1 Å². The molecule has 0 radical (unpaired) electrons. The molecule has 3 heterocycles. The van der Waals surface area contributed by atoms with Gasteiger partial charge in [0.2, 0.25) is 5.91 Å². The highest BCUT2D eigenvalue weighted by molar-refractivity contribution is 5.95. The first kappa shape index (κ1) is 22.3. The maximum Gasteiger partial charge on any atom is 0.254 e. The van der Waals surface area contributed by atoms with Crippen molar-refractivity contribution >= 4 is 23.3 Å². The minimum atomic E-state index is -0.0759. The van der Waals surface area contributed by atoms with Crippen LogP contribution in [-0.2, 0) is 4.79 Å². The van der Waals surface area contributed by atoms with E-state index >= 15 is 0 Å². The van der Waals surface area contributed by atoms with Crippen LogP contribution in [0, 0.1) is 13.8 Å². The van der Waals surface area contributed by atoms with Crippen molar-refractivity contribution in [3.05, 3.63) is 71.7 Å². The number of aromatic nitrogens is 2. The van der Waals surface area contributed by atoms with E-state index in [1.54, 1.807) is 35.4 Å². The lowest BCUT2D eigenvalue weighted by Crippen LogP contribution is -2.37. The number of carbonyl (C=O) groups is 2. The summed E-state index contributed by atoms with van der Waals surface area (Å²) in [6.45, 7) is 6.48. The van der Waals surface area contributed by atoms with Gasteiger partial charge in [0.05, 0.1) is 5.69 Å². The second kappa shape index (κ2) is 9.68. The molecule has 0 bridgehead atoms. The van der Waals surface area contributed by atoms with E-state index in [1.165, 1.54) is 6.92 Å². The minimum Gasteiger partial charge on any atom is -0.455 e. The highest BCUT2D eigenvalue weighted by Crippen LogP contribution is 2.27. The van der Waals surface area contributed by atoms with Crippen LogP contribution in [-0.4, -0.2) is 45.8 Å². The molecule has 3 aromatic rings. The number of benzene rings is 1. The third kappa shape index (κ3) is 5.65. The second-order valence-corrected chi connectivity index (χ2v) is 8.16. The monoisotopic (exact) mass is 445 g/mol. The van der Waals surface area contributed by atoms with Gasteiger partial charge in [0, 0.05) is 55.3 Å². The molecule has 4 rings (SSSR count). The topological polar surface area (TPSA) is 96.5 Å². The lowest BCUT2D eigenvalue weighted by atomic mass is 10.1. The molecule has 2 amide bonds. The largest absolute Gasteiger partial charge is 0.455 e. The summed E-state index contributed by atoms with van der Waals surface area (Å²) in [6.07, 6.45) is 2.42. The minimum absolute atomic E-state index is 0.00654. The molecule has 1 fully saturated rings. The lowest BCUT2D eigenvalue weighted by molar-refractivity contribution is -0.119. The average molecular weight is 446 g/mol. The molecule has 2 N–H and O–H groups in total. The Morgan fingerprint density at radius 3 is 2.76 bits per heavy atom. The van der Waals surface area contributed by atoms with Crippen LogP contribution in [0.4, 0.5) is 11.5 Å². The SMILES string of the molecule is CC(=O)NC1CCN(C(=O)c2cccc(Nc3cc(Oc4ccc(C)nc4C)ccn3)c2)C1. The van der Waals surface area contributed by atoms with Gasteiger partial charge in [-0.3, -0.25) is 14.6 Å². The summed E-state index contributed by atoms with van der Waals surface area (Å²) in [5.41, 5.74) is 3.08. The summed E-state index contributed by atoms with van der Waals surface area (Å²) in [4.78, 5) is 34.8.